The van der Waals surface area contributed by atoms with Gasteiger partial charge in [-0.3, -0.25) is 4.79 Å². The van der Waals surface area contributed by atoms with E-state index in [0.717, 1.165) is 57.9 Å². The second-order valence-corrected chi connectivity index (χ2v) is 9.73. The molecule has 0 bridgehead atoms. The molecule has 2 aromatic heterocycles. The van der Waals surface area contributed by atoms with E-state index < -0.39 is 0 Å². The van der Waals surface area contributed by atoms with Crippen LogP contribution >= 0.6 is 11.3 Å². The third kappa shape index (κ3) is 3.89. The third-order valence-corrected chi connectivity index (χ3v) is 7.82. The number of carbonyl (C=O) groups excluding carboxylic acids is 1. The molecular weight excluding hydrogens is 404 g/mol. The highest BCUT2D eigenvalue weighted by molar-refractivity contribution is 7.17. The summed E-state index contributed by atoms with van der Waals surface area (Å²) >= 11 is 1.75. The summed E-state index contributed by atoms with van der Waals surface area (Å²) in [4.78, 5) is 24.9. The fraction of sp³-hybridized carbons (Fsp3) is 0.440. The molecule has 162 valence electrons. The summed E-state index contributed by atoms with van der Waals surface area (Å²) in [5, 5.41) is 3.33. The average molecular weight is 435 g/mol. The number of nitrogens with zero attached hydrogens (tertiary/aromatic N) is 4. The van der Waals surface area contributed by atoms with Crippen LogP contribution in [-0.4, -0.2) is 55.1 Å². The van der Waals surface area contributed by atoms with Crippen molar-refractivity contribution >= 4 is 38.8 Å². The van der Waals surface area contributed by atoms with Gasteiger partial charge in [0.2, 0.25) is 5.91 Å². The lowest BCUT2D eigenvalue weighted by Gasteiger charge is -2.40. The van der Waals surface area contributed by atoms with E-state index in [1.54, 1.807) is 11.3 Å². The first-order valence-electron chi connectivity index (χ1n) is 11.3. The standard InChI is InChI=1S/C25H30N4OS/c1-18-5-3-7-22(19(18)2)27-12-14-28(15-13-27)25(30)20-6-4-11-29(17-20)24-21-9-16-31-23(21)8-10-26-24/h3,5,7-10,16,20H,4,6,11-15,17H2,1-2H3. The SMILES string of the molecule is Cc1cccc(N2CCN(C(=O)C3CCCN(c4nccc5sccc45)C3)CC2)c1C. The van der Waals surface area contributed by atoms with Gasteiger partial charge in [-0.2, -0.15) is 0 Å². The first-order chi connectivity index (χ1) is 15.1. The maximum Gasteiger partial charge on any atom is 0.227 e. The molecule has 0 N–H and O–H groups in total. The van der Waals surface area contributed by atoms with Gasteiger partial charge in [0.05, 0.1) is 5.92 Å². The van der Waals surface area contributed by atoms with Gasteiger partial charge < -0.3 is 14.7 Å². The van der Waals surface area contributed by atoms with Crippen LogP contribution in [0.4, 0.5) is 11.5 Å². The first-order valence-corrected chi connectivity index (χ1v) is 12.2. The number of piperazine rings is 1. The van der Waals surface area contributed by atoms with E-state index in [2.05, 4.69) is 69.2 Å². The summed E-state index contributed by atoms with van der Waals surface area (Å²) < 4.78 is 1.26. The van der Waals surface area contributed by atoms with Gasteiger partial charge >= 0.3 is 0 Å². The lowest BCUT2D eigenvalue weighted by Crippen LogP contribution is -2.52. The lowest BCUT2D eigenvalue weighted by molar-refractivity contribution is -0.136. The van der Waals surface area contributed by atoms with Crippen molar-refractivity contribution in [3.05, 3.63) is 53.0 Å². The van der Waals surface area contributed by atoms with Gasteiger partial charge in [-0.15, -0.1) is 11.3 Å². The molecule has 1 aromatic carbocycles. The molecule has 0 aliphatic carbocycles. The summed E-state index contributed by atoms with van der Waals surface area (Å²) in [6.07, 6.45) is 3.92. The van der Waals surface area contributed by atoms with Crippen LogP contribution in [0.5, 0.6) is 0 Å². The number of hydrogen-bond acceptors (Lipinski definition) is 5. The molecule has 2 aliphatic rings. The summed E-state index contributed by atoms with van der Waals surface area (Å²) in [5.41, 5.74) is 3.98. The van der Waals surface area contributed by atoms with E-state index in [1.807, 2.05) is 6.20 Å². The monoisotopic (exact) mass is 434 g/mol. The van der Waals surface area contributed by atoms with Crippen molar-refractivity contribution < 1.29 is 4.79 Å². The van der Waals surface area contributed by atoms with E-state index in [9.17, 15) is 4.79 Å². The van der Waals surface area contributed by atoms with E-state index in [1.165, 1.54) is 26.9 Å². The number of hydrogen-bond donors (Lipinski definition) is 0. The van der Waals surface area contributed by atoms with E-state index in [0.29, 0.717) is 5.91 Å². The number of pyridine rings is 1. The minimum absolute atomic E-state index is 0.0664. The van der Waals surface area contributed by atoms with Crippen molar-refractivity contribution in [3.8, 4) is 0 Å². The number of benzene rings is 1. The molecule has 5 nitrogen and oxygen atoms in total. The Balaban J connectivity index is 1.25. The number of amides is 1. The van der Waals surface area contributed by atoms with Gasteiger partial charge in [-0.1, -0.05) is 12.1 Å². The zero-order valence-corrected chi connectivity index (χ0v) is 19.2. The molecule has 6 heteroatoms. The number of piperidine rings is 1. The Morgan fingerprint density at radius 3 is 2.71 bits per heavy atom. The highest BCUT2D eigenvalue weighted by Crippen LogP contribution is 2.32. The van der Waals surface area contributed by atoms with Gasteiger partial charge in [0.25, 0.3) is 0 Å². The molecule has 2 saturated heterocycles. The molecule has 2 fully saturated rings. The molecular formula is C25H30N4OS. The molecule has 1 amide bonds. The average Bonchev–Trinajstić information content (AvgIpc) is 3.30. The van der Waals surface area contributed by atoms with Crippen molar-refractivity contribution in [2.45, 2.75) is 26.7 Å². The molecule has 1 atom stereocenters. The Morgan fingerprint density at radius 1 is 1.03 bits per heavy atom. The molecule has 1 unspecified atom stereocenters. The highest BCUT2D eigenvalue weighted by atomic mass is 32.1. The van der Waals surface area contributed by atoms with E-state index in [4.69, 9.17) is 0 Å². The Bertz CT molecular complexity index is 1090. The Labute approximate surface area is 188 Å². The zero-order valence-electron chi connectivity index (χ0n) is 18.4. The van der Waals surface area contributed by atoms with Crippen LogP contribution in [0, 0.1) is 19.8 Å². The van der Waals surface area contributed by atoms with Crippen LogP contribution in [0.25, 0.3) is 10.1 Å². The largest absolute Gasteiger partial charge is 0.368 e. The predicted molar refractivity (Wildman–Crippen MR) is 129 cm³/mol. The third-order valence-electron chi connectivity index (χ3n) is 6.94. The van der Waals surface area contributed by atoms with Gasteiger partial charge in [0.1, 0.15) is 5.82 Å². The van der Waals surface area contributed by atoms with Crippen LogP contribution in [0.2, 0.25) is 0 Å². The topological polar surface area (TPSA) is 39.7 Å². The molecule has 5 rings (SSSR count). The highest BCUT2D eigenvalue weighted by Gasteiger charge is 2.32. The fourth-order valence-corrected chi connectivity index (χ4v) is 5.78. The van der Waals surface area contributed by atoms with E-state index in [-0.39, 0.29) is 5.92 Å². The number of rotatable bonds is 3. The van der Waals surface area contributed by atoms with Crippen LogP contribution in [0.1, 0.15) is 24.0 Å². The summed E-state index contributed by atoms with van der Waals surface area (Å²) in [6, 6.07) is 10.7. The first kappa shape index (κ1) is 20.3. The van der Waals surface area contributed by atoms with Crippen molar-refractivity contribution in [2.75, 3.05) is 49.1 Å². The Morgan fingerprint density at radius 2 is 1.87 bits per heavy atom. The number of thiophene rings is 1. The van der Waals surface area contributed by atoms with Gasteiger partial charge in [-0.25, -0.2) is 4.98 Å². The minimum Gasteiger partial charge on any atom is -0.368 e. The molecule has 0 radical (unpaired) electrons. The normalized spacial score (nSPS) is 19.8. The molecule has 4 heterocycles. The van der Waals surface area contributed by atoms with Crippen LogP contribution in [0.15, 0.2) is 41.9 Å². The number of aryl methyl sites for hydroxylation is 1. The summed E-state index contributed by atoms with van der Waals surface area (Å²) in [5.74, 6) is 1.43. The van der Waals surface area contributed by atoms with Crippen molar-refractivity contribution in [3.63, 3.8) is 0 Å². The molecule has 0 spiro atoms. The van der Waals surface area contributed by atoms with Gasteiger partial charge in [0, 0.05) is 61.2 Å². The quantitative estimate of drug-likeness (QED) is 0.609. The number of fused-ring (bicyclic) bond motifs is 1. The number of anilines is 2. The maximum absolute atomic E-state index is 13.4. The van der Waals surface area contributed by atoms with Crippen molar-refractivity contribution in [2.24, 2.45) is 5.92 Å². The summed E-state index contributed by atoms with van der Waals surface area (Å²) in [6.45, 7) is 9.54. The smallest absolute Gasteiger partial charge is 0.227 e. The molecule has 0 saturated carbocycles. The maximum atomic E-state index is 13.4. The van der Waals surface area contributed by atoms with Crippen LogP contribution < -0.4 is 9.80 Å². The van der Waals surface area contributed by atoms with Gasteiger partial charge in [-0.05, 0) is 61.4 Å². The number of carbonyl (C=O) groups is 1. The Kier molecular flexibility index (Phi) is 5.57. The predicted octanol–water partition coefficient (Wildman–Crippen LogP) is 4.48. The second kappa shape index (κ2) is 8.50. The van der Waals surface area contributed by atoms with E-state index >= 15 is 0 Å². The molecule has 3 aromatic rings. The molecule has 2 aliphatic heterocycles. The fourth-order valence-electron chi connectivity index (χ4n) is 5.01. The lowest BCUT2D eigenvalue weighted by atomic mass is 9.96. The van der Waals surface area contributed by atoms with Gasteiger partial charge in [0.15, 0.2) is 0 Å². The minimum atomic E-state index is 0.0664. The molecule has 31 heavy (non-hydrogen) atoms. The van der Waals surface area contributed by atoms with Crippen molar-refractivity contribution in [1.82, 2.24) is 9.88 Å². The van der Waals surface area contributed by atoms with Crippen LogP contribution in [0.3, 0.4) is 0 Å². The zero-order chi connectivity index (χ0) is 21.4. The van der Waals surface area contributed by atoms with Crippen LogP contribution in [-0.2, 0) is 4.79 Å². The summed E-state index contributed by atoms with van der Waals surface area (Å²) in [7, 11) is 0. The number of aromatic nitrogens is 1. The second-order valence-electron chi connectivity index (χ2n) is 8.78. The Hall–Kier alpha value is -2.60. The van der Waals surface area contributed by atoms with Crippen molar-refractivity contribution in [1.29, 1.82) is 0 Å².